The summed E-state index contributed by atoms with van der Waals surface area (Å²) in [6.07, 6.45) is 4.38. The number of Topliss-reactive ketones (excluding diaryl/α,β-unsaturated/α-hetero) is 1. The highest BCUT2D eigenvalue weighted by Crippen LogP contribution is 2.69. The summed E-state index contributed by atoms with van der Waals surface area (Å²) in [5.74, 6) is 0.576. The van der Waals surface area contributed by atoms with Gasteiger partial charge in [-0.3, -0.25) is 4.79 Å². The fraction of sp³-hybridized carbons (Fsp3) is 0.727. The van der Waals surface area contributed by atoms with Gasteiger partial charge in [-0.05, 0) is 31.3 Å². The van der Waals surface area contributed by atoms with Crippen molar-refractivity contribution in [2.24, 2.45) is 11.3 Å². The predicted octanol–water partition coefficient (Wildman–Crippen LogP) is 3.50. The summed E-state index contributed by atoms with van der Waals surface area (Å²) in [7, 11) is 0. The number of rotatable bonds is 1. The van der Waals surface area contributed by atoms with Crippen molar-refractivity contribution in [3.8, 4) is 0 Å². The number of hydrogen-bond acceptors (Lipinski definition) is 1. The van der Waals surface area contributed by atoms with Crippen molar-refractivity contribution in [3.05, 3.63) is 11.6 Å². The Labute approximate surface area is 94.5 Å². The van der Waals surface area contributed by atoms with Gasteiger partial charge in [0.25, 0.3) is 0 Å². The van der Waals surface area contributed by atoms with E-state index in [9.17, 15) is 4.79 Å². The molecular formula is C11H14Cl2O. The van der Waals surface area contributed by atoms with Crippen LogP contribution in [0.5, 0.6) is 0 Å². The van der Waals surface area contributed by atoms with E-state index >= 15 is 0 Å². The van der Waals surface area contributed by atoms with E-state index < -0.39 is 4.33 Å². The molecule has 2 aliphatic carbocycles. The Balaban J connectivity index is 2.14. The van der Waals surface area contributed by atoms with Crippen molar-refractivity contribution in [2.75, 3.05) is 0 Å². The first-order chi connectivity index (χ1) is 6.37. The van der Waals surface area contributed by atoms with E-state index in [4.69, 9.17) is 23.2 Å². The average molecular weight is 233 g/mol. The van der Waals surface area contributed by atoms with E-state index in [1.165, 1.54) is 0 Å². The van der Waals surface area contributed by atoms with Crippen LogP contribution in [-0.4, -0.2) is 10.1 Å². The normalized spacial score (nSPS) is 40.7. The summed E-state index contributed by atoms with van der Waals surface area (Å²) in [4.78, 5) is 11.5. The molecule has 1 saturated carbocycles. The Morgan fingerprint density at radius 1 is 1.50 bits per heavy atom. The van der Waals surface area contributed by atoms with Crippen LogP contribution in [0.1, 0.15) is 33.1 Å². The number of carbonyl (C=O) groups is 1. The summed E-state index contributed by atoms with van der Waals surface area (Å²) in [5.41, 5.74) is 0.837. The maximum absolute atomic E-state index is 11.5. The van der Waals surface area contributed by atoms with E-state index in [-0.39, 0.29) is 11.2 Å². The molecule has 0 aromatic rings. The third-order valence-corrected chi connectivity index (χ3v) is 4.91. The van der Waals surface area contributed by atoms with E-state index in [0.29, 0.717) is 12.3 Å². The number of hydrogen-bond donors (Lipinski definition) is 0. The Morgan fingerprint density at radius 2 is 2.07 bits per heavy atom. The van der Waals surface area contributed by atoms with Crippen molar-refractivity contribution in [2.45, 2.75) is 37.4 Å². The predicted molar refractivity (Wildman–Crippen MR) is 58.6 cm³/mol. The maximum Gasteiger partial charge on any atom is 0.158 e. The van der Waals surface area contributed by atoms with Gasteiger partial charge < -0.3 is 0 Å². The maximum atomic E-state index is 11.5. The molecule has 0 spiro atoms. The summed E-state index contributed by atoms with van der Waals surface area (Å²) >= 11 is 12.2. The van der Waals surface area contributed by atoms with Crippen LogP contribution in [-0.2, 0) is 4.79 Å². The third kappa shape index (κ3) is 1.42. The van der Waals surface area contributed by atoms with Crippen LogP contribution in [0.15, 0.2) is 11.6 Å². The van der Waals surface area contributed by atoms with Gasteiger partial charge in [-0.15, -0.1) is 23.2 Å². The molecule has 0 N–H and O–H groups in total. The SMILES string of the molecule is CC1=CC[C@@H]([C@@]2(C)CC2(Cl)Cl)CC1=O. The zero-order valence-corrected chi connectivity index (χ0v) is 9.95. The minimum Gasteiger partial charge on any atom is -0.295 e. The molecule has 2 atom stereocenters. The first kappa shape index (κ1) is 10.5. The highest BCUT2D eigenvalue weighted by atomic mass is 35.5. The number of halogens is 2. The molecule has 0 aromatic carbocycles. The summed E-state index contributed by atoms with van der Waals surface area (Å²) < 4.78 is -0.600. The number of allylic oxidation sites excluding steroid dienone is 2. The summed E-state index contributed by atoms with van der Waals surface area (Å²) in [6, 6.07) is 0. The van der Waals surface area contributed by atoms with E-state index in [2.05, 4.69) is 6.92 Å². The highest BCUT2D eigenvalue weighted by molar-refractivity contribution is 6.51. The van der Waals surface area contributed by atoms with E-state index in [1.807, 2.05) is 13.0 Å². The molecule has 1 fully saturated rings. The average Bonchev–Trinajstić information content (AvgIpc) is 2.58. The van der Waals surface area contributed by atoms with Crippen molar-refractivity contribution >= 4 is 29.0 Å². The standard InChI is InChI=1S/C11H14Cl2O/c1-7-3-4-8(5-9(7)14)10(2)6-11(10,12)13/h3,8H,4-6H2,1-2H3/t8-,10-/m1/s1. The highest BCUT2D eigenvalue weighted by Gasteiger charge is 2.66. The zero-order chi connectivity index (χ0) is 10.6. The largest absolute Gasteiger partial charge is 0.295 e. The molecule has 2 rings (SSSR count). The molecule has 0 bridgehead atoms. The lowest BCUT2D eigenvalue weighted by Crippen LogP contribution is -2.24. The molecule has 0 heterocycles. The molecule has 0 aromatic heterocycles. The summed E-state index contributed by atoms with van der Waals surface area (Å²) in [6.45, 7) is 3.96. The smallest absolute Gasteiger partial charge is 0.158 e. The van der Waals surface area contributed by atoms with Gasteiger partial charge in [-0.2, -0.15) is 0 Å². The number of carbonyl (C=O) groups excluding carboxylic acids is 1. The van der Waals surface area contributed by atoms with Crippen LogP contribution in [0, 0.1) is 11.3 Å². The zero-order valence-electron chi connectivity index (χ0n) is 8.44. The topological polar surface area (TPSA) is 17.1 Å². The first-order valence-electron chi connectivity index (χ1n) is 4.94. The molecule has 2 aliphatic rings. The Morgan fingerprint density at radius 3 is 2.50 bits per heavy atom. The second kappa shape index (κ2) is 2.99. The fourth-order valence-electron chi connectivity index (χ4n) is 2.25. The van der Waals surface area contributed by atoms with Crippen LogP contribution >= 0.6 is 23.2 Å². The van der Waals surface area contributed by atoms with Gasteiger partial charge in [0, 0.05) is 11.8 Å². The van der Waals surface area contributed by atoms with Gasteiger partial charge in [0.2, 0.25) is 0 Å². The van der Waals surface area contributed by atoms with Crippen LogP contribution in [0.3, 0.4) is 0 Å². The third-order valence-electron chi connectivity index (χ3n) is 3.78. The van der Waals surface area contributed by atoms with Crippen molar-refractivity contribution < 1.29 is 4.79 Å². The molecule has 0 aliphatic heterocycles. The van der Waals surface area contributed by atoms with Crippen molar-refractivity contribution in [1.82, 2.24) is 0 Å². The molecule has 0 saturated heterocycles. The van der Waals surface area contributed by atoms with Crippen molar-refractivity contribution in [1.29, 1.82) is 0 Å². The lowest BCUT2D eigenvalue weighted by Gasteiger charge is -2.26. The van der Waals surface area contributed by atoms with Crippen LogP contribution in [0.2, 0.25) is 0 Å². The molecular weight excluding hydrogens is 219 g/mol. The lowest BCUT2D eigenvalue weighted by molar-refractivity contribution is -0.117. The van der Waals surface area contributed by atoms with Gasteiger partial charge >= 0.3 is 0 Å². The molecule has 1 nitrogen and oxygen atoms in total. The number of ketones is 1. The van der Waals surface area contributed by atoms with E-state index in [0.717, 1.165) is 18.4 Å². The van der Waals surface area contributed by atoms with Crippen LogP contribution in [0.4, 0.5) is 0 Å². The van der Waals surface area contributed by atoms with Gasteiger partial charge in [-0.25, -0.2) is 0 Å². The van der Waals surface area contributed by atoms with Gasteiger partial charge in [0.15, 0.2) is 5.78 Å². The first-order valence-corrected chi connectivity index (χ1v) is 5.70. The Hall–Kier alpha value is -0.0100. The second-order valence-corrected chi connectivity index (χ2v) is 6.23. The number of alkyl halides is 2. The van der Waals surface area contributed by atoms with Crippen LogP contribution in [0.25, 0.3) is 0 Å². The second-order valence-electron chi connectivity index (χ2n) is 4.75. The Bertz CT molecular complexity index is 319. The molecule has 14 heavy (non-hydrogen) atoms. The van der Waals surface area contributed by atoms with Gasteiger partial charge in [-0.1, -0.05) is 13.0 Å². The van der Waals surface area contributed by atoms with E-state index in [1.54, 1.807) is 0 Å². The lowest BCUT2D eigenvalue weighted by atomic mass is 9.79. The molecule has 0 amide bonds. The molecule has 0 radical (unpaired) electrons. The monoisotopic (exact) mass is 232 g/mol. The Kier molecular flexibility index (Phi) is 2.24. The fourth-order valence-corrected chi connectivity index (χ4v) is 3.11. The van der Waals surface area contributed by atoms with Crippen LogP contribution < -0.4 is 0 Å². The van der Waals surface area contributed by atoms with Crippen molar-refractivity contribution in [3.63, 3.8) is 0 Å². The molecule has 78 valence electrons. The summed E-state index contributed by atoms with van der Waals surface area (Å²) in [5, 5.41) is 0. The quantitative estimate of drug-likeness (QED) is 0.633. The van der Waals surface area contributed by atoms with Gasteiger partial charge in [0.05, 0.1) is 0 Å². The minimum absolute atomic E-state index is 0.0526. The van der Waals surface area contributed by atoms with Gasteiger partial charge in [0.1, 0.15) is 4.33 Å². The molecule has 3 heteroatoms. The minimum atomic E-state index is -0.600. The molecule has 0 unspecified atom stereocenters.